The van der Waals surface area contributed by atoms with E-state index in [4.69, 9.17) is 11.6 Å². The van der Waals surface area contributed by atoms with Crippen molar-refractivity contribution in [1.29, 1.82) is 0 Å². The first-order chi connectivity index (χ1) is 9.47. The van der Waals surface area contributed by atoms with Crippen molar-refractivity contribution < 1.29 is 15.0 Å². The zero-order valence-electron chi connectivity index (χ0n) is 10.2. The first-order valence-electron chi connectivity index (χ1n) is 5.67. The molecule has 2 N–H and O–H groups in total. The number of benzene rings is 2. The van der Waals surface area contributed by atoms with Crippen LogP contribution < -0.4 is 0 Å². The molecule has 2 aromatic carbocycles. The maximum atomic E-state index is 11.4. The van der Waals surface area contributed by atoms with Crippen molar-refractivity contribution in [1.82, 2.24) is 0 Å². The predicted octanol–water partition coefficient (Wildman–Crippen LogP) is 4.43. The number of phenolic OH excluding ortho intramolecular Hbond substituents is 1. The van der Waals surface area contributed by atoms with E-state index in [9.17, 15) is 15.0 Å². The molecule has 5 heteroatoms. The van der Waals surface area contributed by atoms with Gasteiger partial charge in [0.05, 0.1) is 5.57 Å². The lowest BCUT2D eigenvalue weighted by molar-refractivity contribution is -0.130. The SMILES string of the molecule is O=C(O)C(=Cc1ccc(Cl)cc1)c1ccc(O)cc1Br. The fourth-order valence-corrected chi connectivity index (χ4v) is 2.41. The van der Waals surface area contributed by atoms with Crippen molar-refractivity contribution in [3.05, 3.63) is 63.1 Å². The quantitative estimate of drug-likeness (QED) is 0.634. The Bertz CT molecular complexity index is 678. The van der Waals surface area contributed by atoms with Gasteiger partial charge in [-0.3, -0.25) is 0 Å². The molecule has 102 valence electrons. The van der Waals surface area contributed by atoms with Crippen LogP contribution in [0.2, 0.25) is 5.02 Å². The van der Waals surface area contributed by atoms with Gasteiger partial charge in [0.1, 0.15) is 5.75 Å². The minimum Gasteiger partial charge on any atom is -0.508 e. The summed E-state index contributed by atoms with van der Waals surface area (Å²) in [6, 6.07) is 11.3. The maximum absolute atomic E-state index is 11.4. The number of aliphatic carboxylic acids is 1. The number of carboxylic acids is 1. The third-order valence-corrected chi connectivity index (χ3v) is 3.56. The molecule has 0 aliphatic rings. The fourth-order valence-electron chi connectivity index (χ4n) is 1.70. The number of rotatable bonds is 3. The molecule has 0 saturated carbocycles. The molecular weight excluding hydrogens is 344 g/mol. The average molecular weight is 354 g/mol. The molecule has 0 amide bonds. The molecule has 0 aromatic heterocycles. The summed E-state index contributed by atoms with van der Waals surface area (Å²) < 4.78 is 0.514. The van der Waals surface area contributed by atoms with Gasteiger partial charge in [0, 0.05) is 15.1 Å². The molecule has 0 bridgehead atoms. The van der Waals surface area contributed by atoms with Crippen molar-refractivity contribution >= 4 is 45.1 Å². The maximum Gasteiger partial charge on any atom is 0.336 e. The van der Waals surface area contributed by atoms with Crippen LogP contribution in [0.5, 0.6) is 5.75 Å². The smallest absolute Gasteiger partial charge is 0.336 e. The van der Waals surface area contributed by atoms with Gasteiger partial charge in [-0.1, -0.05) is 39.7 Å². The van der Waals surface area contributed by atoms with Crippen LogP contribution in [0.4, 0.5) is 0 Å². The highest BCUT2D eigenvalue weighted by Gasteiger charge is 2.14. The lowest BCUT2D eigenvalue weighted by Gasteiger charge is -2.06. The van der Waals surface area contributed by atoms with Crippen LogP contribution in [0.25, 0.3) is 11.6 Å². The van der Waals surface area contributed by atoms with Crippen LogP contribution in [0, 0.1) is 0 Å². The minimum atomic E-state index is -1.05. The van der Waals surface area contributed by atoms with E-state index in [2.05, 4.69) is 15.9 Å². The number of aromatic hydroxyl groups is 1. The lowest BCUT2D eigenvalue weighted by atomic mass is 10.0. The Morgan fingerprint density at radius 1 is 1.15 bits per heavy atom. The van der Waals surface area contributed by atoms with Gasteiger partial charge in [0.15, 0.2) is 0 Å². The molecule has 0 aliphatic carbocycles. The molecule has 0 radical (unpaired) electrons. The number of hydrogen-bond donors (Lipinski definition) is 2. The van der Waals surface area contributed by atoms with E-state index in [1.807, 2.05) is 0 Å². The predicted molar refractivity (Wildman–Crippen MR) is 82.8 cm³/mol. The normalized spacial score (nSPS) is 11.4. The van der Waals surface area contributed by atoms with Gasteiger partial charge in [-0.05, 0) is 42.0 Å². The summed E-state index contributed by atoms with van der Waals surface area (Å²) in [4.78, 5) is 11.4. The van der Waals surface area contributed by atoms with Crippen LogP contribution in [0.15, 0.2) is 46.9 Å². The minimum absolute atomic E-state index is 0.0665. The van der Waals surface area contributed by atoms with Gasteiger partial charge in [-0.15, -0.1) is 0 Å². The van der Waals surface area contributed by atoms with Crippen LogP contribution in [0.3, 0.4) is 0 Å². The second-order valence-corrected chi connectivity index (χ2v) is 5.37. The first kappa shape index (κ1) is 14.6. The molecule has 0 heterocycles. The van der Waals surface area contributed by atoms with Crippen LogP contribution >= 0.6 is 27.5 Å². The van der Waals surface area contributed by atoms with Crippen molar-refractivity contribution in [2.45, 2.75) is 0 Å². The molecule has 0 saturated heterocycles. The van der Waals surface area contributed by atoms with Crippen LogP contribution in [-0.4, -0.2) is 16.2 Å². The van der Waals surface area contributed by atoms with Gasteiger partial charge in [0.2, 0.25) is 0 Å². The second-order valence-electron chi connectivity index (χ2n) is 4.08. The number of phenols is 1. The highest BCUT2D eigenvalue weighted by molar-refractivity contribution is 9.10. The Balaban J connectivity index is 2.51. The standard InChI is InChI=1S/C15H10BrClO3/c16-14-8-11(18)5-6-12(14)13(15(19)20)7-9-1-3-10(17)4-2-9/h1-8,18H,(H,19,20). The van der Waals surface area contributed by atoms with Gasteiger partial charge >= 0.3 is 5.97 Å². The van der Waals surface area contributed by atoms with E-state index in [0.717, 1.165) is 5.56 Å². The highest BCUT2D eigenvalue weighted by Crippen LogP contribution is 2.29. The highest BCUT2D eigenvalue weighted by atomic mass is 79.9. The summed E-state index contributed by atoms with van der Waals surface area (Å²) in [5, 5.41) is 19.3. The van der Waals surface area contributed by atoms with Gasteiger partial charge < -0.3 is 10.2 Å². The number of carboxylic acid groups (broad SMARTS) is 1. The molecule has 2 aromatic rings. The van der Waals surface area contributed by atoms with Crippen molar-refractivity contribution in [2.24, 2.45) is 0 Å². The zero-order chi connectivity index (χ0) is 14.7. The molecule has 0 aliphatic heterocycles. The Hall–Kier alpha value is -1.78. The fraction of sp³-hybridized carbons (Fsp3) is 0. The first-order valence-corrected chi connectivity index (χ1v) is 6.84. The summed E-state index contributed by atoms with van der Waals surface area (Å²) in [6.07, 6.45) is 1.55. The zero-order valence-corrected chi connectivity index (χ0v) is 12.5. The number of hydrogen-bond acceptors (Lipinski definition) is 2. The molecule has 0 unspecified atom stereocenters. The van der Waals surface area contributed by atoms with Gasteiger partial charge in [-0.2, -0.15) is 0 Å². The van der Waals surface area contributed by atoms with Gasteiger partial charge in [-0.25, -0.2) is 4.79 Å². The molecule has 0 atom stereocenters. The third kappa shape index (κ3) is 3.40. The van der Waals surface area contributed by atoms with E-state index < -0.39 is 5.97 Å². The van der Waals surface area contributed by atoms with E-state index in [1.165, 1.54) is 12.1 Å². The molecular formula is C15H10BrClO3. The van der Waals surface area contributed by atoms with E-state index in [-0.39, 0.29) is 11.3 Å². The number of halogens is 2. The summed E-state index contributed by atoms with van der Waals surface area (Å²) >= 11 is 9.05. The van der Waals surface area contributed by atoms with Crippen LogP contribution in [0.1, 0.15) is 11.1 Å². The Kier molecular flexibility index (Phi) is 4.47. The van der Waals surface area contributed by atoms with Crippen molar-refractivity contribution in [2.75, 3.05) is 0 Å². The third-order valence-electron chi connectivity index (χ3n) is 2.65. The lowest BCUT2D eigenvalue weighted by Crippen LogP contribution is -2.00. The largest absolute Gasteiger partial charge is 0.508 e. The van der Waals surface area contributed by atoms with E-state index in [0.29, 0.717) is 15.1 Å². The molecule has 2 rings (SSSR count). The Morgan fingerprint density at radius 2 is 1.80 bits per heavy atom. The summed E-state index contributed by atoms with van der Waals surface area (Å²) in [5.74, 6) is -0.983. The summed E-state index contributed by atoms with van der Waals surface area (Å²) in [5.41, 5.74) is 1.34. The number of carbonyl (C=O) groups is 1. The second kappa shape index (κ2) is 6.11. The van der Waals surface area contributed by atoms with Crippen LogP contribution in [-0.2, 0) is 4.79 Å². The van der Waals surface area contributed by atoms with E-state index >= 15 is 0 Å². The van der Waals surface area contributed by atoms with Crippen molar-refractivity contribution in [3.63, 3.8) is 0 Å². The molecule has 3 nitrogen and oxygen atoms in total. The molecule has 20 heavy (non-hydrogen) atoms. The van der Waals surface area contributed by atoms with E-state index in [1.54, 1.807) is 36.4 Å². The summed E-state index contributed by atoms with van der Waals surface area (Å²) in [7, 11) is 0. The monoisotopic (exact) mass is 352 g/mol. The molecule has 0 spiro atoms. The van der Waals surface area contributed by atoms with Gasteiger partial charge in [0.25, 0.3) is 0 Å². The van der Waals surface area contributed by atoms with Crippen molar-refractivity contribution in [3.8, 4) is 5.75 Å². The Labute approximate surface area is 129 Å². The summed E-state index contributed by atoms with van der Waals surface area (Å²) in [6.45, 7) is 0. The molecule has 0 fully saturated rings. The topological polar surface area (TPSA) is 57.5 Å². The average Bonchev–Trinajstić information content (AvgIpc) is 2.39. The Morgan fingerprint density at radius 3 is 2.35 bits per heavy atom.